The van der Waals surface area contributed by atoms with Crippen LogP contribution in [0, 0.1) is 5.92 Å². The molecule has 0 spiro atoms. The van der Waals surface area contributed by atoms with E-state index < -0.39 is 0 Å². The lowest BCUT2D eigenvalue weighted by Gasteiger charge is -2.30. The van der Waals surface area contributed by atoms with Gasteiger partial charge in [-0.3, -0.25) is 4.79 Å². The first kappa shape index (κ1) is 15.7. The highest BCUT2D eigenvalue weighted by atomic mass is 16.5. The highest BCUT2D eigenvalue weighted by molar-refractivity contribution is 5.84. The third-order valence-corrected chi connectivity index (χ3v) is 4.31. The Morgan fingerprint density at radius 2 is 1.90 bits per heavy atom. The van der Waals surface area contributed by atoms with Gasteiger partial charge in [-0.05, 0) is 49.9 Å². The highest BCUT2D eigenvalue weighted by Gasteiger charge is 2.24. The molecule has 0 saturated heterocycles. The predicted octanol–water partition coefficient (Wildman–Crippen LogP) is 3.19. The Morgan fingerprint density at radius 3 is 2.52 bits per heavy atom. The van der Waals surface area contributed by atoms with Crippen LogP contribution in [0.1, 0.15) is 39.5 Å². The van der Waals surface area contributed by atoms with Crippen LogP contribution in [0.3, 0.4) is 0 Å². The lowest BCUT2D eigenvalue weighted by Crippen LogP contribution is -2.46. The van der Waals surface area contributed by atoms with Gasteiger partial charge in [-0.2, -0.15) is 0 Å². The van der Waals surface area contributed by atoms with Crippen LogP contribution < -0.4 is 15.4 Å². The summed E-state index contributed by atoms with van der Waals surface area (Å²) in [6.45, 7) is 4.12. The van der Waals surface area contributed by atoms with Gasteiger partial charge in [-0.1, -0.05) is 19.8 Å². The number of amides is 1. The van der Waals surface area contributed by atoms with Gasteiger partial charge < -0.3 is 15.4 Å². The van der Waals surface area contributed by atoms with Gasteiger partial charge >= 0.3 is 0 Å². The maximum absolute atomic E-state index is 12.3. The smallest absolute Gasteiger partial charge is 0.242 e. The summed E-state index contributed by atoms with van der Waals surface area (Å²) in [6, 6.07) is 7.70. The molecular formula is C17H26N2O2. The van der Waals surface area contributed by atoms with Crippen LogP contribution in [0.2, 0.25) is 0 Å². The zero-order valence-corrected chi connectivity index (χ0v) is 13.2. The van der Waals surface area contributed by atoms with E-state index in [-0.39, 0.29) is 11.9 Å². The molecule has 0 bridgehead atoms. The lowest BCUT2D eigenvalue weighted by molar-refractivity contribution is -0.122. The molecule has 0 aliphatic heterocycles. The van der Waals surface area contributed by atoms with E-state index in [2.05, 4.69) is 17.6 Å². The second kappa shape index (κ2) is 7.34. The Balaban J connectivity index is 1.86. The van der Waals surface area contributed by atoms with Gasteiger partial charge in [0.05, 0.1) is 7.11 Å². The molecule has 1 aliphatic carbocycles. The third kappa shape index (κ3) is 4.38. The van der Waals surface area contributed by atoms with E-state index in [4.69, 9.17) is 4.74 Å². The van der Waals surface area contributed by atoms with Gasteiger partial charge in [-0.15, -0.1) is 0 Å². The normalized spacial score (nSPS) is 23.2. The van der Waals surface area contributed by atoms with Crippen molar-refractivity contribution in [2.75, 3.05) is 12.4 Å². The van der Waals surface area contributed by atoms with Crippen LogP contribution in [-0.4, -0.2) is 25.1 Å². The van der Waals surface area contributed by atoms with Crippen molar-refractivity contribution in [2.24, 2.45) is 5.92 Å². The molecule has 1 fully saturated rings. The summed E-state index contributed by atoms with van der Waals surface area (Å²) in [4.78, 5) is 12.3. The van der Waals surface area contributed by atoms with E-state index in [1.807, 2.05) is 31.2 Å². The number of carbonyl (C=O) groups excluding carboxylic acids is 1. The topological polar surface area (TPSA) is 50.4 Å². The molecule has 0 heterocycles. The van der Waals surface area contributed by atoms with E-state index in [0.29, 0.717) is 12.0 Å². The number of ether oxygens (including phenoxy) is 1. The van der Waals surface area contributed by atoms with E-state index in [0.717, 1.165) is 17.9 Å². The number of hydrogen-bond donors (Lipinski definition) is 2. The maximum Gasteiger partial charge on any atom is 0.242 e. The summed E-state index contributed by atoms with van der Waals surface area (Å²) < 4.78 is 5.13. The molecule has 3 atom stereocenters. The summed E-state index contributed by atoms with van der Waals surface area (Å²) in [5.41, 5.74) is 0.926. The molecule has 1 amide bonds. The molecule has 1 saturated carbocycles. The van der Waals surface area contributed by atoms with E-state index >= 15 is 0 Å². The molecule has 2 N–H and O–H groups in total. The fourth-order valence-electron chi connectivity index (χ4n) is 2.84. The van der Waals surface area contributed by atoms with E-state index in [9.17, 15) is 4.79 Å². The van der Waals surface area contributed by atoms with Crippen molar-refractivity contribution in [3.05, 3.63) is 24.3 Å². The molecule has 0 radical (unpaired) electrons. The predicted molar refractivity (Wildman–Crippen MR) is 85.6 cm³/mol. The van der Waals surface area contributed by atoms with Crippen molar-refractivity contribution in [2.45, 2.75) is 51.6 Å². The first-order valence-electron chi connectivity index (χ1n) is 7.81. The van der Waals surface area contributed by atoms with Crippen LogP contribution in [0.25, 0.3) is 0 Å². The molecule has 0 aromatic heterocycles. The van der Waals surface area contributed by atoms with Gasteiger partial charge in [-0.25, -0.2) is 0 Å². The standard InChI is InChI=1S/C17H26N2O2/c1-12-6-4-5-7-16(12)19-17(20)13(2)18-14-8-10-15(21-3)11-9-14/h8-13,16,18H,4-7H2,1-3H3,(H,19,20)/t12-,13-,16+/m1/s1. The average Bonchev–Trinajstić information content (AvgIpc) is 2.50. The first-order chi connectivity index (χ1) is 10.1. The molecule has 1 aromatic rings. The van der Waals surface area contributed by atoms with Crippen molar-refractivity contribution < 1.29 is 9.53 Å². The Bertz CT molecular complexity index is 458. The zero-order chi connectivity index (χ0) is 15.2. The van der Waals surface area contributed by atoms with Gasteiger partial charge in [0, 0.05) is 11.7 Å². The average molecular weight is 290 g/mol. The van der Waals surface area contributed by atoms with Crippen LogP contribution in [0.5, 0.6) is 5.75 Å². The second-order valence-electron chi connectivity index (χ2n) is 5.97. The molecule has 1 aliphatic rings. The quantitative estimate of drug-likeness (QED) is 0.875. The van der Waals surface area contributed by atoms with E-state index in [1.54, 1.807) is 7.11 Å². The van der Waals surface area contributed by atoms with Crippen molar-refractivity contribution in [3.63, 3.8) is 0 Å². The Morgan fingerprint density at radius 1 is 1.24 bits per heavy atom. The summed E-state index contributed by atoms with van der Waals surface area (Å²) in [7, 11) is 1.64. The number of hydrogen-bond acceptors (Lipinski definition) is 3. The number of anilines is 1. The maximum atomic E-state index is 12.3. The molecule has 0 unspecified atom stereocenters. The monoisotopic (exact) mass is 290 g/mol. The minimum absolute atomic E-state index is 0.0737. The Kier molecular flexibility index (Phi) is 5.48. The summed E-state index contributed by atoms with van der Waals surface area (Å²) in [6.07, 6.45) is 4.82. The summed E-state index contributed by atoms with van der Waals surface area (Å²) in [5.74, 6) is 1.47. The zero-order valence-electron chi connectivity index (χ0n) is 13.2. The van der Waals surface area contributed by atoms with Gasteiger partial charge in [0.2, 0.25) is 5.91 Å². The molecular weight excluding hydrogens is 264 g/mol. The third-order valence-electron chi connectivity index (χ3n) is 4.31. The van der Waals surface area contributed by atoms with Gasteiger partial charge in [0.15, 0.2) is 0 Å². The number of methoxy groups -OCH3 is 1. The molecule has 2 rings (SSSR count). The number of benzene rings is 1. The molecule has 21 heavy (non-hydrogen) atoms. The first-order valence-corrected chi connectivity index (χ1v) is 7.81. The Labute approximate surface area is 127 Å². The molecule has 116 valence electrons. The van der Waals surface area contributed by atoms with Crippen molar-refractivity contribution in [3.8, 4) is 5.75 Å². The molecule has 4 heteroatoms. The minimum Gasteiger partial charge on any atom is -0.497 e. The van der Waals surface area contributed by atoms with Crippen molar-refractivity contribution in [1.82, 2.24) is 5.32 Å². The number of nitrogens with one attached hydrogen (secondary N) is 2. The minimum atomic E-state index is -0.243. The SMILES string of the molecule is COc1ccc(N[C@H](C)C(=O)N[C@H]2CCCC[C@H]2C)cc1. The highest BCUT2D eigenvalue weighted by Crippen LogP contribution is 2.24. The van der Waals surface area contributed by atoms with Gasteiger partial charge in [0.1, 0.15) is 11.8 Å². The fraction of sp³-hybridized carbons (Fsp3) is 0.588. The summed E-state index contributed by atoms with van der Waals surface area (Å²) in [5, 5.41) is 6.41. The lowest BCUT2D eigenvalue weighted by atomic mass is 9.86. The second-order valence-corrected chi connectivity index (χ2v) is 5.97. The number of rotatable bonds is 5. The Hall–Kier alpha value is -1.71. The van der Waals surface area contributed by atoms with Crippen LogP contribution in [0.15, 0.2) is 24.3 Å². The van der Waals surface area contributed by atoms with Crippen LogP contribution in [-0.2, 0) is 4.79 Å². The van der Waals surface area contributed by atoms with Gasteiger partial charge in [0.25, 0.3) is 0 Å². The molecule has 1 aromatic carbocycles. The van der Waals surface area contributed by atoms with Crippen LogP contribution >= 0.6 is 0 Å². The van der Waals surface area contributed by atoms with Crippen molar-refractivity contribution in [1.29, 1.82) is 0 Å². The van der Waals surface area contributed by atoms with Crippen molar-refractivity contribution >= 4 is 11.6 Å². The van der Waals surface area contributed by atoms with Crippen LogP contribution in [0.4, 0.5) is 5.69 Å². The molecule has 4 nitrogen and oxygen atoms in total. The van der Waals surface area contributed by atoms with E-state index in [1.165, 1.54) is 19.3 Å². The largest absolute Gasteiger partial charge is 0.497 e. The number of carbonyl (C=O) groups is 1. The fourth-order valence-corrected chi connectivity index (χ4v) is 2.84. The summed E-state index contributed by atoms with van der Waals surface area (Å²) >= 11 is 0.